The molecule has 29 heavy (non-hydrogen) atoms. The number of hydrogen-bond acceptors (Lipinski definition) is 6. The van der Waals surface area contributed by atoms with Gasteiger partial charge in [-0.25, -0.2) is 4.79 Å². The Morgan fingerprint density at radius 3 is 2.28 bits per heavy atom. The van der Waals surface area contributed by atoms with Crippen molar-refractivity contribution in [2.45, 2.75) is 26.9 Å². The zero-order valence-electron chi connectivity index (χ0n) is 16.3. The van der Waals surface area contributed by atoms with E-state index < -0.39 is 18.0 Å². The summed E-state index contributed by atoms with van der Waals surface area (Å²) in [6.07, 6.45) is -1.10. The number of aromatic nitrogens is 1. The number of hydrogen-bond donors (Lipinski definition) is 1. The van der Waals surface area contributed by atoms with Crippen molar-refractivity contribution in [2.75, 3.05) is 5.32 Å². The van der Waals surface area contributed by atoms with Crippen molar-refractivity contribution in [3.63, 3.8) is 0 Å². The number of anilines is 1. The van der Waals surface area contributed by atoms with Gasteiger partial charge < -0.3 is 14.6 Å². The lowest BCUT2D eigenvalue weighted by molar-refractivity contribution is -0.123. The maximum atomic E-state index is 12.8. The number of ketones is 1. The summed E-state index contributed by atoms with van der Waals surface area (Å²) in [5.74, 6) is -0.861. The molecule has 0 radical (unpaired) electrons. The van der Waals surface area contributed by atoms with Gasteiger partial charge >= 0.3 is 5.97 Å². The highest BCUT2D eigenvalue weighted by atomic mass is 16.5. The molecule has 1 aromatic heterocycles. The summed E-state index contributed by atoms with van der Waals surface area (Å²) in [5, 5.41) is 6.16. The van der Waals surface area contributed by atoms with Gasteiger partial charge in [0.15, 0.2) is 17.7 Å². The first-order chi connectivity index (χ1) is 13.8. The third-order valence-corrected chi connectivity index (χ3v) is 4.24. The predicted octanol–water partition coefficient (Wildman–Crippen LogP) is 3.71. The summed E-state index contributed by atoms with van der Waals surface area (Å²) in [4.78, 5) is 37.7. The molecule has 1 heterocycles. The van der Waals surface area contributed by atoms with E-state index in [0.29, 0.717) is 11.3 Å². The van der Waals surface area contributed by atoms with Gasteiger partial charge in [-0.05, 0) is 26.8 Å². The van der Waals surface area contributed by atoms with E-state index in [4.69, 9.17) is 9.26 Å². The lowest BCUT2D eigenvalue weighted by atomic mass is 9.98. The van der Waals surface area contributed by atoms with Crippen LogP contribution >= 0.6 is 0 Å². The van der Waals surface area contributed by atoms with E-state index in [-0.39, 0.29) is 22.7 Å². The van der Waals surface area contributed by atoms with Crippen molar-refractivity contribution >= 4 is 23.5 Å². The minimum absolute atomic E-state index is 0.0926. The number of rotatable bonds is 6. The zero-order chi connectivity index (χ0) is 21.0. The second-order valence-corrected chi connectivity index (χ2v) is 6.60. The number of carbonyl (C=O) groups is 3. The van der Waals surface area contributed by atoms with Gasteiger partial charge in [-0.3, -0.25) is 9.59 Å². The zero-order valence-corrected chi connectivity index (χ0v) is 16.3. The summed E-state index contributed by atoms with van der Waals surface area (Å²) in [6.45, 7) is 5.05. The molecule has 1 atom stereocenters. The van der Waals surface area contributed by atoms with Crippen LogP contribution < -0.4 is 5.32 Å². The van der Waals surface area contributed by atoms with E-state index in [1.54, 1.807) is 43.3 Å². The van der Waals surface area contributed by atoms with Gasteiger partial charge in [0, 0.05) is 17.2 Å². The summed E-state index contributed by atoms with van der Waals surface area (Å²) in [7, 11) is 0. The quantitative estimate of drug-likeness (QED) is 0.507. The molecule has 2 aromatic carbocycles. The molecule has 1 N–H and O–H groups in total. The van der Waals surface area contributed by atoms with Crippen molar-refractivity contribution in [3.8, 4) is 0 Å². The fourth-order valence-electron chi connectivity index (χ4n) is 2.65. The van der Waals surface area contributed by atoms with Gasteiger partial charge in [-0.1, -0.05) is 53.2 Å². The van der Waals surface area contributed by atoms with E-state index >= 15 is 0 Å². The van der Waals surface area contributed by atoms with E-state index in [2.05, 4.69) is 10.5 Å². The molecule has 0 aliphatic carbocycles. The molecular weight excluding hydrogens is 372 g/mol. The fourth-order valence-corrected chi connectivity index (χ4v) is 2.65. The van der Waals surface area contributed by atoms with Crippen LogP contribution in [0.4, 0.5) is 5.82 Å². The van der Waals surface area contributed by atoms with Crippen molar-refractivity contribution < 1.29 is 23.6 Å². The van der Waals surface area contributed by atoms with Crippen LogP contribution in [0.5, 0.6) is 0 Å². The number of benzene rings is 2. The van der Waals surface area contributed by atoms with Gasteiger partial charge in [-0.15, -0.1) is 0 Å². The summed E-state index contributed by atoms with van der Waals surface area (Å²) < 4.78 is 10.1. The monoisotopic (exact) mass is 392 g/mol. The van der Waals surface area contributed by atoms with Crippen LogP contribution in [0, 0.1) is 13.8 Å². The molecule has 0 saturated carbocycles. The van der Waals surface area contributed by atoms with Crippen LogP contribution in [-0.2, 0) is 9.53 Å². The number of nitrogens with zero attached hydrogens (tertiary/aromatic N) is 1. The van der Waals surface area contributed by atoms with Crippen LogP contribution in [-0.4, -0.2) is 28.9 Å². The standard InChI is InChI=1S/C22H20N2O5/c1-13-8-10-16(11-9-13)20(25)17-6-4-5-7-18(17)22(27)28-15(3)21(26)23-19-12-14(2)29-24-19/h4-12,15H,1-3H3,(H,23,24,26). The molecule has 0 spiro atoms. The summed E-state index contributed by atoms with van der Waals surface area (Å²) in [5.41, 5.74) is 1.79. The van der Waals surface area contributed by atoms with E-state index in [0.717, 1.165) is 5.56 Å². The topological polar surface area (TPSA) is 98.5 Å². The Morgan fingerprint density at radius 1 is 1.00 bits per heavy atom. The molecular formula is C22H20N2O5. The Morgan fingerprint density at radius 2 is 1.66 bits per heavy atom. The van der Waals surface area contributed by atoms with Gasteiger partial charge in [0.2, 0.25) is 0 Å². The number of aryl methyl sites for hydroxylation is 2. The SMILES string of the molecule is Cc1ccc(C(=O)c2ccccc2C(=O)OC(C)C(=O)Nc2cc(C)on2)cc1. The van der Waals surface area contributed by atoms with Crippen molar-refractivity contribution in [2.24, 2.45) is 0 Å². The van der Waals surface area contributed by atoms with Gasteiger partial charge in [0.1, 0.15) is 5.76 Å². The highest BCUT2D eigenvalue weighted by Crippen LogP contribution is 2.17. The number of ether oxygens (including phenoxy) is 1. The number of esters is 1. The molecule has 0 saturated heterocycles. The minimum Gasteiger partial charge on any atom is -0.449 e. The molecule has 0 aliphatic heterocycles. The maximum Gasteiger partial charge on any atom is 0.339 e. The Kier molecular flexibility index (Phi) is 5.87. The molecule has 1 unspecified atom stereocenters. The molecule has 3 aromatic rings. The molecule has 7 heteroatoms. The van der Waals surface area contributed by atoms with E-state index in [1.807, 2.05) is 19.1 Å². The van der Waals surface area contributed by atoms with Crippen LogP contribution in [0.1, 0.15) is 44.5 Å². The number of carbonyl (C=O) groups excluding carboxylic acids is 3. The third-order valence-electron chi connectivity index (χ3n) is 4.24. The van der Waals surface area contributed by atoms with Crippen LogP contribution in [0.25, 0.3) is 0 Å². The Balaban J connectivity index is 1.74. The average Bonchev–Trinajstić information content (AvgIpc) is 3.12. The Hall–Kier alpha value is -3.74. The second kappa shape index (κ2) is 8.52. The highest BCUT2D eigenvalue weighted by Gasteiger charge is 2.24. The lowest BCUT2D eigenvalue weighted by Crippen LogP contribution is -2.30. The van der Waals surface area contributed by atoms with E-state index in [1.165, 1.54) is 13.0 Å². The molecule has 148 valence electrons. The smallest absolute Gasteiger partial charge is 0.339 e. The van der Waals surface area contributed by atoms with Gasteiger partial charge in [0.25, 0.3) is 5.91 Å². The second-order valence-electron chi connectivity index (χ2n) is 6.60. The molecule has 3 rings (SSSR count). The molecule has 7 nitrogen and oxygen atoms in total. The first-order valence-electron chi connectivity index (χ1n) is 9.00. The number of amides is 1. The minimum atomic E-state index is -1.10. The predicted molar refractivity (Wildman–Crippen MR) is 106 cm³/mol. The van der Waals surface area contributed by atoms with E-state index in [9.17, 15) is 14.4 Å². The number of nitrogens with one attached hydrogen (secondary N) is 1. The maximum absolute atomic E-state index is 12.8. The van der Waals surface area contributed by atoms with Crippen LogP contribution in [0.15, 0.2) is 59.1 Å². The normalized spacial score (nSPS) is 11.6. The molecule has 1 amide bonds. The Bertz CT molecular complexity index is 1050. The highest BCUT2D eigenvalue weighted by molar-refractivity contribution is 6.14. The largest absolute Gasteiger partial charge is 0.449 e. The summed E-state index contributed by atoms with van der Waals surface area (Å²) in [6, 6.07) is 15.0. The van der Waals surface area contributed by atoms with Crippen LogP contribution in [0.3, 0.4) is 0 Å². The molecule has 0 fully saturated rings. The van der Waals surface area contributed by atoms with Gasteiger partial charge in [-0.2, -0.15) is 0 Å². The van der Waals surface area contributed by atoms with Crippen molar-refractivity contribution in [3.05, 3.63) is 82.6 Å². The molecule has 0 bridgehead atoms. The fraction of sp³-hybridized carbons (Fsp3) is 0.182. The van der Waals surface area contributed by atoms with Crippen LogP contribution in [0.2, 0.25) is 0 Å². The van der Waals surface area contributed by atoms with Crippen molar-refractivity contribution in [1.82, 2.24) is 5.16 Å². The third kappa shape index (κ3) is 4.76. The lowest BCUT2D eigenvalue weighted by Gasteiger charge is -2.14. The average molecular weight is 392 g/mol. The van der Waals surface area contributed by atoms with Crippen molar-refractivity contribution in [1.29, 1.82) is 0 Å². The molecule has 0 aliphatic rings. The summed E-state index contributed by atoms with van der Waals surface area (Å²) >= 11 is 0. The first kappa shape index (κ1) is 20.0. The Labute approximate surface area is 167 Å². The van der Waals surface area contributed by atoms with Gasteiger partial charge in [0.05, 0.1) is 5.56 Å². The first-order valence-corrected chi connectivity index (χ1v) is 9.00.